The molecule has 1 atom stereocenters. The quantitative estimate of drug-likeness (QED) is 0.775. The maximum Gasteiger partial charge on any atom is 0.260 e. The topological polar surface area (TPSA) is 64.0 Å². The summed E-state index contributed by atoms with van der Waals surface area (Å²) in [6.45, 7) is 6.51. The minimum absolute atomic E-state index is 0.0820. The highest BCUT2D eigenvalue weighted by Crippen LogP contribution is 2.19. The SMILES string of the molecule is CCn1cnc(S(=O)(=O)NC(C)(CC)CCBr)c1. The average Bonchev–Trinajstić information content (AvgIpc) is 2.78. The molecule has 0 bridgehead atoms. The van der Waals surface area contributed by atoms with Crippen LogP contribution in [0.1, 0.15) is 33.6 Å². The molecule has 0 saturated carbocycles. The van der Waals surface area contributed by atoms with Crippen LogP contribution in [-0.2, 0) is 16.6 Å². The average molecular weight is 338 g/mol. The van der Waals surface area contributed by atoms with Gasteiger partial charge in [-0.25, -0.2) is 18.1 Å². The summed E-state index contributed by atoms with van der Waals surface area (Å²) < 4.78 is 28.9. The van der Waals surface area contributed by atoms with Crippen LogP contribution in [0.15, 0.2) is 17.6 Å². The number of sulfonamides is 1. The van der Waals surface area contributed by atoms with Gasteiger partial charge in [0.2, 0.25) is 0 Å². The molecule has 0 aliphatic carbocycles. The second kappa shape index (κ2) is 6.16. The highest BCUT2D eigenvalue weighted by molar-refractivity contribution is 9.09. The molecule has 0 aliphatic heterocycles. The lowest BCUT2D eigenvalue weighted by Crippen LogP contribution is -2.45. The third-order valence-corrected chi connectivity index (χ3v) is 4.98. The van der Waals surface area contributed by atoms with E-state index in [0.717, 1.165) is 18.2 Å². The lowest BCUT2D eigenvalue weighted by atomic mass is 9.98. The van der Waals surface area contributed by atoms with Crippen LogP contribution < -0.4 is 4.72 Å². The molecule has 0 radical (unpaired) electrons. The monoisotopic (exact) mass is 337 g/mol. The Hall–Kier alpha value is -0.400. The van der Waals surface area contributed by atoms with Gasteiger partial charge in [0.25, 0.3) is 10.0 Å². The van der Waals surface area contributed by atoms with Crippen molar-refractivity contribution in [2.45, 2.75) is 50.7 Å². The number of nitrogens with zero attached hydrogens (tertiary/aromatic N) is 2. The van der Waals surface area contributed by atoms with Crippen molar-refractivity contribution in [3.8, 4) is 0 Å². The van der Waals surface area contributed by atoms with Crippen LogP contribution in [0, 0.1) is 0 Å². The predicted molar refractivity (Wildman–Crippen MR) is 75.3 cm³/mol. The Kier molecular flexibility index (Phi) is 5.36. The smallest absolute Gasteiger partial charge is 0.260 e. The Balaban J connectivity index is 2.93. The summed E-state index contributed by atoms with van der Waals surface area (Å²) in [5, 5.41) is 0.835. The number of aromatic nitrogens is 2. The molecule has 0 aromatic carbocycles. The summed E-state index contributed by atoms with van der Waals surface area (Å²) in [4.78, 5) is 3.94. The maximum atomic E-state index is 12.2. The minimum Gasteiger partial charge on any atom is -0.336 e. The Morgan fingerprint density at radius 3 is 2.61 bits per heavy atom. The van der Waals surface area contributed by atoms with Crippen molar-refractivity contribution in [3.05, 3.63) is 12.5 Å². The van der Waals surface area contributed by atoms with Gasteiger partial charge in [-0.1, -0.05) is 22.9 Å². The van der Waals surface area contributed by atoms with Gasteiger partial charge in [0.05, 0.1) is 6.33 Å². The molecule has 1 heterocycles. The van der Waals surface area contributed by atoms with Gasteiger partial charge in [0.15, 0.2) is 5.03 Å². The summed E-state index contributed by atoms with van der Waals surface area (Å²) in [7, 11) is -3.54. The number of hydrogen-bond acceptors (Lipinski definition) is 3. The Morgan fingerprint density at radius 1 is 1.50 bits per heavy atom. The van der Waals surface area contributed by atoms with Crippen LogP contribution in [0.2, 0.25) is 0 Å². The minimum atomic E-state index is -3.54. The van der Waals surface area contributed by atoms with Crippen molar-refractivity contribution in [1.82, 2.24) is 14.3 Å². The molecule has 1 aromatic rings. The van der Waals surface area contributed by atoms with Crippen molar-refractivity contribution in [2.75, 3.05) is 5.33 Å². The zero-order chi connectivity index (χ0) is 13.8. The predicted octanol–water partition coefficient (Wildman–Crippen LogP) is 2.13. The van der Waals surface area contributed by atoms with E-state index in [2.05, 4.69) is 25.6 Å². The fourth-order valence-electron chi connectivity index (χ4n) is 1.54. The van der Waals surface area contributed by atoms with Crippen LogP contribution in [0.3, 0.4) is 0 Å². The van der Waals surface area contributed by atoms with Crippen molar-refractivity contribution < 1.29 is 8.42 Å². The number of aryl methyl sites for hydroxylation is 1. The van der Waals surface area contributed by atoms with Gasteiger partial charge < -0.3 is 4.57 Å². The Bertz CT molecular complexity index is 486. The van der Waals surface area contributed by atoms with Crippen LogP contribution in [-0.4, -0.2) is 28.8 Å². The summed E-state index contributed by atoms with van der Waals surface area (Å²) in [6, 6.07) is 0. The Labute approximate surface area is 117 Å². The van der Waals surface area contributed by atoms with Crippen LogP contribution in [0.25, 0.3) is 0 Å². The molecule has 0 spiro atoms. The first kappa shape index (κ1) is 15.7. The van der Waals surface area contributed by atoms with E-state index in [0.29, 0.717) is 6.54 Å². The molecule has 1 unspecified atom stereocenters. The van der Waals surface area contributed by atoms with Gasteiger partial charge in [-0.15, -0.1) is 0 Å². The fourth-order valence-corrected chi connectivity index (χ4v) is 3.87. The van der Waals surface area contributed by atoms with Gasteiger partial charge in [-0.2, -0.15) is 0 Å². The largest absolute Gasteiger partial charge is 0.336 e. The molecule has 1 aromatic heterocycles. The molecule has 1 N–H and O–H groups in total. The van der Waals surface area contributed by atoms with E-state index in [9.17, 15) is 8.42 Å². The molecule has 0 amide bonds. The zero-order valence-corrected chi connectivity index (χ0v) is 13.4. The van der Waals surface area contributed by atoms with E-state index >= 15 is 0 Å². The third kappa shape index (κ3) is 3.80. The number of alkyl halides is 1. The van der Waals surface area contributed by atoms with Crippen molar-refractivity contribution in [1.29, 1.82) is 0 Å². The second-order valence-electron chi connectivity index (χ2n) is 4.50. The summed E-state index contributed by atoms with van der Waals surface area (Å²) in [5.74, 6) is 0. The van der Waals surface area contributed by atoms with Gasteiger partial charge in [0, 0.05) is 23.6 Å². The van der Waals surface area contributed by atoms with Crippen LogP contribution >= 0.6 is 15.9 Å². The molecule has 0 saturated heterocycles. The first-order valence-corrected chi connectivity index (χ1v) is 8.59. The zero-order valence-electron chi connectivity index (χ0n) is 11.0. The molecular formula is C11H20BrN3O2S. The summed E-state index contributed by atoms with van der Waals surface area (Å²) in [6.07, 6.45) is 4.54. The van der Waals surface area contributed by atoms with Gasteiger partial charge in [-0.05, 0) is 26.7 Å². The molecule has 0 aliphatic rings. The molecule has 104 valence electrons. The molecular weight excluding hydrogens is 318 g/mol. The van der Waals surface area contributed by atoms with Gasteiger partial charge in [0.1, 0.15) is 0 Å². The number of rotatable bonds is 7. The first-order chi connectivity index (χ1) is 8.37. The van der Waals surface area contributed by atoms with Crippen molar-refractivity contribution >= 4 is 26.0 Å². The molecule has 18 heavy (non-hydrogen) atoms. The fraction of sp³-hybridized carbons (Fsp3) is 0.727. The highest BCUT2D eigenvalue weighted by Gasteiger charge is 2.29. The van der Waals surface area contributed by atoms with E-state index in [1.807, 2.05) is 20.8 Å². The third-order valence-electron chi connectivity index (χ3n) is 3.06. The maximum absolute atomic E-state index is 12.2. The van der Waals surface area contributed by atoms with Gasteiger partial charge >= 0.3 is 0 Å². The number of imidazole rings is 1. The Morgan fingerprint density at radius 2 is 2.17 bits per heavy atom. The van der Waals surface area contributed by atoms with E-state index in [-0.39, 0.29) is 5.03 Å². The lowest BCUT2D eigenvalue weighted by Gasteiger charge is -2.28. The van der Waals surface area contributed by atoms with Gasteiger partial charge in [-0.3, -0.25) is 0 Å². The molecule has 5 nitrogen and oxygen atoms in total. The number of hydrogen-bond donors (Lipinski definition) is 1. The lowest BCUT2D eigenvalue weighted by molar-refractivity contribution is 0.392. The number of nitrogens with one attached hydrogen (secondary N) is 1. The summed E-state index contributed by atoms with van der Waals surface area (Å²) >= 11 is 3.35. The normalized spacial score (nSPS) is 15.6. The van der Waals surface area contributed by atoms with Crippen LogP contribution in [0.5, 0.6) is 0 Å². The highest BCUT2D eigenvalue weighted by atomic mass is 79.9. The van der Waals surface area contributed by atoms with Crippen LogP contribution in [0.4, 0.5) is 0 Å². The molecule has 0 fully saturated rings. The van der Waals surface area contributed by atoms with Crippen molar-refractivity contribution in [3.63, 3.8) is 0 Å². The van der Waals surface area contributed by atoms with Crippen molar-refractivity contribution in [2.24, 2.45) is 0 Å². The van der Waals surface area contributed by atoms with E-state index < -0.39 is 15.6 Å². The van der Waals surface area contributed by atoms with E-state index in [4.69, 9.17) is 0 Å². The second-order valence-corrected chi connectivity index (χ2v) is 6.92. The number of halogens is 1. The van der Waals surface area contributed by atoms with E-state index in [1.165, 1.54) is 6.33 Å². The van der Waals surface area contributed by atoms with E-state index in [1.54, 1.807) is 10.8 Å². The summed E-state index contributed by atoms with van der Waals surface area (Å²) in [5.41, 5.74) is -0.446. The first-order valence-electron chi connectivity index (χ1n) is 5.98. The molecule has 7 heteroatoms. The standard InChI is InChI=1S/C11H20BrN3O2S/c1-4-11(3,6-7-12)14-18(16,17)10-8-15(5-2)9-13-10/h8-9,14H,4-7H2,1-3H3. The molecule has 1 rings (SSSR count).